The fraction of sp³-hybridized carbons (Fsp3) is 0.571. The first-order valence-corrected chi connectivity index (χ1v) is 6.49. The Morgan fingerprint density at radius 3 is 2.88 bits per heavy atom. The fourth-order valence-corrected chi connectivity index (χ4v) is 2.40. The Balaban J connectivity index is 1.68. The van der Waals surface area contributed by atoms with Crippen molar-refractivity contribution in [2.75, 3.05) is 32.8 Å². The molecule has 1 fully saturated rings. The van der Waals surface area contributed by atoms with Crippen molar-refractivity contribution >= 4 is 0 Å². The maximum absolute atomic E-state index is 8.77. The molecule has 1 aliphatic heterocycles. The molecule has 1 unspecified atom stereocenters. The topological polar surface area (TPSA) is 35.5 Å². The molecule has 1 aliphatic rings. The summed E-state index contributed by atoms with van der Waals surface area (Å²) < 4.78 is 0. The predicted octanol–water partition coefficient (Wildman–Crippen LogP) is 0.885. The summed E-state index contributed by atoms with van der Waals surface area (Å²) in [6.45, 7) is 4.39. The van der Waals surface area contributed by atoms with Crippen LogP contribution >= 0.6 is 0 Å². The first-order valence-electron chi connectivity index (χ1n) is 6.49. The van der Waals surface area contributed by atoms with Gasteiger partial charge in [0.05, 0.1) is 6.61 Å². The quantitative estimate of drug-likeness (QED) is 0.767. The van der Waals surface area contributed by atoms with E-state index in [2.05, 4.69) is 40.5 Å². The van der Waals surface area contributed by atoms with Gasteiger partial charge in [-0.15, -0.1) is 0 Å². The van der Waals surface area contributed by atoms with Crippen LogP contribution in [0.15, 0.2) is 30.3 Å². The number of hydrogen-bond acceptors (Lipinski definition) is 3. The maximum Gasteiger partial charge on any atom is 0.0556 e. The molecule has 94 valence electrons. The van der Waals surface area contributed by atoms with Crippen molar-refractivity contribution in [1.29, 1.82) is 0 Å². The molecule has 3 heteroatoms. The highest BCUT2D eigenvalue weighted by Crippen LogP contribution is 2.10. The summed E-state index contributed by atoms with van der Waals surface area (Å²) in [5.41, 5.74) is 1.42. The van der Waals surface area contributed by atoms with Gasteiger partial charge in [-0.25, -0.2) is 0 Å². The van der Waals surface area contributed by atoms with Gasteiger partial charge in [0.25, 0.3) is 0 Å². The molecule has 1 aromatic carbocycles. The number of hydrogen-bond donors (Lipinski definition) is 2. The molecular weight excluding hydrogens is 212 g/mol. The van der Waals surface area contributed by atoms with Gasteiger partial charge in [-0.1, -0.05) is 30.3 Å². The minimum absolute atomic E-state index is 0.237. The smallest absolute Gasteiger partial charge is 0.0556 e. The number of nitrogens with zero attached hydrogens (tertiary/aromatic N) is 1. The molecule has 0 bridgehead atoms. The monoisotopic (exact) mass is 234 g/mol. The van der Waals surface area contributed by atoms with Crippen molar-refractivity contribution in [1.82, 2.24) is 10.2 Å². The van der Waals surface area contributed by atoms with Crippen molar-refractivity contribution in [2.24, 2.45) is 0 Å². The summed E-state index contributed by atoms with van der Waals surface area (Å²) in [4.78, 5) is 2.50. The molecule has 2 N–H and O–H groups in total. The van der Waals surface area contributed by atoms with Crippen molar-refractivity contribution < 1.29 is 5.11 Å². The molecule has 0 aromatic heterocycles. The highest BCUT2D eigenvalue weighted by molar-refractivity contribution is 5.14. The van der Waals surface area contributed by atoms with E-state index in [1.807, 2.05) is 0 Å². The van der Waals surface area contributed by atoms with Gasteiger partial charge in [0.15, 0.2) is 0 Å². The minimum atomic E-state index is 0.237. The number of benzene rings is 1. The van der Waals surface area contributed by atoms with Crippen LogP contribution < -0.4 is 5.32 Å². The minimum Gasteiger partial charge on any atom is -0.395 e. The average Bonchev–Trinajstić information content (AvgIpc) is 2.83. The largest absolute Gasteiger partial charge is 0.395 e. The summed E-state index contributed by atoms with van der Waals surface area (Å²) in [7, 11) is 0. The summed E-state index contributed by atoms with van der Waals surface area (Å²) in [5.74, 6) is 0. The van der Waals surface area contributed by atoms with E-state index in [1.54, 1.807) is 0 Å². The van der Waals surface area contributed by atoms with E-state index < -0.39 is 0 Å². The lowest BCUT2D eigenvalue weighted by molar-refractivity contribution is 0.280. The number of aliphatic hydroxyl groups is 1. The zero-order chi connectivity index (χ0) is 11.9. The van der Waals surface area contributed by atoms with Crippen LogP contribution in [0.4, 0.5) is 0 Å². The molecule has 1 aromatic rings. The summed E-state index contributed by atoms with van der Waals surface area (Å²) in [5, 5.41) is 12.1. The highest BCUT2D eigenvalue weighted by Gasteiger charge is 2.20. The standard InChI is InChI=1S/C14H22N2O/c17-11-8-15-14-7-10-16(12-14)9-6-13-4-2-1-3-5-13/h1-5,14-15,17H,6-12H2. The highest BCUT2D eigenvalue weighted by atomic mass is 16.3. The molecule has 0 spiro atoms. The van der Waals surface area contributed by atoms with Gasteiger partial charge in [0.1, 0.15) is 0 Å². The van der Waals surface area contributed by atoms with Crippen LogP contribution in [0.25, 0.3) is 0 Å². The van der Waals surface area contributed by atoms with Gasteiger partial charge < -0.3 is 15.3 Å². The second-order valence-electron chi connectivity index (χ2n) is 4.70. The Labute approximate surface area is 103 Å². The zero-order valence-corrected chi connectivity index (χ0v) is 10.3. The van der Waals surface area contributed by atoms with Gasteiger partial charge in [-0.2, -0.15) is 0 Å². The van der Waals surface area contributed by atoms with Crippen molar-refractivity contribution in [3.63, 3.8) is 0 Å². The third-order valence-corrected chi connectivity index (χ3v) is 3.38. The van der Waals surface area contributed by atoms with E-state index in [9.17, 15) is 0 Å². The van der Waals surface area contributed by atoms with Crippen molar-refractivity contribution in [3.05, 3.63) is 35.9 Å². The molecule has 0 amide bonds. The van der Waals surface area contributed by atoms with E-state index in [1.165, 1.54) is 18.5 Å². The number of nitrogens with one attached hydrogen (secondary N) is 1. The van der Waals surface area contributed by atoms with Crippen LogP contribution in [-0.2, 0) is 6.42 Å². The Kier molecular flexibility index (Phi) is 4.98. The maximum atomic E-state index is 8.77. The first kappa shape index (κ1) is 12.6. The van der Waals surface area contributed by atoms with Crippen LogP contribution in [0, 0.1) is 0 Å². The van der Waals surface area contributed by atoms with E-state index in [0.717, 1.165) is 26.1 Å². The molecule has 1 saturated heterocycles. The molecule has 1 heterocycles. The summed E-state index contributed by atoms with van der Waals surface area (Å²) >= 11 is 0. The second kappa shape index (κ2) is 6.74. The summed E-state index contributed by atoms with van der Waals surface area (Å²) in [6, 6.07) is 11.2. The third kappa shape index (κ3) is 4.11. The normalized spacial score (nSPS) is 20.9. The van der Waals surface area contributed by atoms with E-state index >= 15 is 0 Å². The SMILES string of the molecule is OCCNC1CCN(CCc2ccccc2)C1. The lowest BCUT2D eigenvalue weighted by Crippen LogP contribution is -2.34. The third-order valence-electron chi connectivity index (χ3n) is 3.38. The van der Waals surface area contributed by atoms with Crippen molar-refractivity contribution in [3.8, 4) is 0 Å². The van der Waals surface area contributed by atoms with Gasteiger partial charge >= 0.3 is 0 Å². The molecular formula is C14H22N2O. The Morgan fingerprint density at radius 2 is 2.12 bits per heavy atom. The van der Waals surface area contributed by atoms with Gasteiger partial charge in [0.2, 0.25) is 0 Å². The first-order chi connectivity index (χ1) is 8.38. The number of aliphatic hydroxyl groups excluding tert-OH is 1. The lowest BCUT2D eigenvalue weighted by Gasteiger charge is -2.16. The fourth-order valence-electron chi connectivity index (χ4n) is 2.40. The average molecular weight is 234 g/mol. The number of rotatable bonds is 6. The van der Waals surface area contributed by atoms with Crippen LogP contribution in [0.2, 0.25) is 0 Å². The molecule has 0 aliphatic carbocycles. The van der Waals surface area contributed by atoms with Crippen LogP contribution in [0.3, 0.4) is 0 Å². The van der Waals surface area contributed by atoms with Gasteiger partial charge in [-0.05, 0) is 24.9 Å². The Bertz CT molecular complexity index is 315. The Hall–Kier alpha value is -0.900. The molecule has 1 atom stereocenters. The predicted molar refractivity (Wildman–Crippen MR) is 70.1 cm³/mol. The second-order valence-corrected chi connectivity index (χ2v) is 4.70. The van der Waals surface area contributed by atoms with Crippen LogP contribution in [0.5, 0.6) is 0 Å². The molecule has 17 heavy (non-hydrogen) atoms. The summed E-state index contributed by atoms with van der Waals surface area (Å²) in [6.07, 6.45) is 2.34. The molecule has 0 saturated carbocycles. The van der Waals surface area contributed by atoms with Crippen molar-refractivity contribution in [2.45, 2.75) is 18.9 Å². The van der Waals surface area contributed by atoms with Gasteiger partial charge in [0, 0.05) is 25.7 Å². The lowest BCUT2D eigenvalue weighted by atomic mass is 10.1. The Morgan fingerprint density at radius 1 is 1.29 bits per heavy atom. The van der Waals surface area contributed by atoms with Gasteiger partial charge in [-0.3, -0.25) is 0 Å². The number of likely N-dealkylation sites (tertiary alicyclic amines) is 1. The molecule has 2 rings (SSSR count). The van der Waals surface area contributed by atoms with E-state index in [0.29, 0.717) is 6.04 Å². The van der Waals surface area contributed by atoms with E-state index in [-0.39, 0.29) is 6.61 Å². The van der Waals surface area contributed by atoms with E-state index in [4.69, 9.17) is 5.11 Å². The van der Waals surface area contributed by atoms with Crippen LogP contribution in [0.1, 0.15) is 12.0 Å². The molecule has 3 nitrogen and oxygen atoms in total. The zero-order valence-electron chi connectivity index (χ0n) is 10.3. The molecule has 0 radical (unpaired) electrons. The van der Waals surface area contributed by atoms with Crippen LogP contribution in [-0.4, -0.2) is 48.8 Å².